The molecule has 0 atom stereocenters. The highest BCUT2D eigenvalue weighted by Crippen LogP contribution is 2.49. The van der Waals surface area contributed by atoms with E-state index >= 15 is 0 Å². The Bertz CT molecular complexity index is 1170. The third-order valence-corrected chi connectivity index (χ3v) is 7.63. The summed E-state index contributed by atoms with van der Waals surface area (Å²) in [5.41, 5.74) is 7.12. The molecule has 1 saturated heterocycles. The monoisotopic (exact) mass is 463 g/mol. The zero-order valence-corrected chi connectivity index (χ0v) is 21.4. The van der Waals surface area contributed by atoms with Gasteiger partial charge in [-0.15, -0.1) is 0 Å². The van der Waals surface area contributed by atoms with Crippen LogP contribution >= 0.6 is 11.8 Å². The van der Waals surface area contributed by atoms with Gasteiger partial charge in [-0.3, -0.25) is 14.9 Å². The van der Waals surface area contributed by atoms with Crippen LogP contribution in [-0.4, -0.2) is 17.3 Å². The van der Waals surface area contributed by atoms with Gasteiger partial charge in [0.25, 0.3) is 11.1 Å². The normalized spacial score (nSPS) is 20.2. The zero-order valence-electron chi connectivity index (χ0n) is 20.6. The van der Waals surface area contributed by atoms with Gasteiger partial charge < -0.3 is 4.74 Å². The number of benzene rings is 2. The number of nitrogens with one attached hydrogen (secondary N) is 1. The predicted molar refractivity (Wildman–Crippen MR) is 137 cm³/mol. The number of rotatable bonds is 4. The smallest absolute Gasteiger partial charge is 0.290 e. The molecule has 1 fully saturated rings. The van der Waals surface area contributed by atoms with Crippen LogP contribution in [0, 0.1) is 6.92 Å². The van der Waals surface area contributed by atoms with Crippen molar-refractivity contribution >= 4 is 29.0 Å². The highest BCUT2D eigenvalue weighted by Gasteiger charge is 2.38. The summed E-state index contributed by atoms with van der Waals surface area (Å²) < 4.78 is 6.24. The number of amides is 2. The van der Waals surface area contributed by atoms with Gasteiger partial charge in [-0.25, -0.2) is 0 Å². The van der Waals surface area contributed by atoms with Gasteiger partial charge in [-0.05, 0) is 102 Å². The maximum Gasteiger partial charge on any atom is 0.290 e. The van der Waals surface area contributed by atoms with E-state index in [1.54, 1.807) is 6.08 Å². The van der Waals surface area contributed by atoms with Crippen LogP contribution in [0.25, 0.3) is 17.2 Å². The molecule has 2 aromatic carbocycles. The highest BCUT2D eigenvalue weighted by molar-refractivity contribution is 8.18. The van der Waals surface area contributed by atoms with E-state index in [1.807, 2.05) is 32.0 Å². The van der Waals surface area contributed by atoms with Gasteiger partial charge in [0.05, 0.1) is 11.0 Å². The van der Waals surface area contributed by atoms with Crippen LogP contribution in [0.4, 0.5) is 4.79 Å². The molecule has 1 aliphatic heterocycles. The molecule has 0 spiro atoms. The lowest BCUT2D eigenvalue weighted by molar-refractivity contribution is -0.115. The van der Waals surface area contributed by atoms with E-state index in [2.05, 4.69) is 52.1 Å². The van der Waals surface area contributed by atoms with Crippen LogP contribution in [0.15, 0.2) is 35.2 Å². The molecule has 2 amide bonds. The van der Waals surface area contributed by atoms with Crippen LogP contribution < -0.4 is 10.1 Å². The van der Waals surface area contributed by atoms with Crippen molar-refractivity contribution in [3.8, 4) is 16.9 Å². The van der Waals surface area contributed by atoms with Crippen molar-refractivity contribution < 1.29 is 14.3 Å². The molecule has 0 saturated carbocycles. The summed E-state index contributed by atoms with van der Waals surface area (Å²) in [6, 6.07) is 10.6. The molecule has 4 rings (SSSR count). The molecule has 1 heterocycles. The topological polar surface area (TPSA) is 55.4 Å². The Kier molecular flexibility index (Phi) is 5.98. The lowest BCUT2D eigenvalue weighted by atomic mass is 9.62. The Hall–Kier alpha value is -2.53. The fraction of sp³-hybridized carbons (Fsp3) is 0.429. The molecule has 5 heteroatoms. The highest BCUT2D eigenvalue weighted by atomic mass is 32.2. The van der Waals surface area contributed by atoms with Gasteiger partial charge >= 0.3 is 0 Å². The SMILES string of the molecule is Cc1cc2c(cc1-c1c(/C=C3/SC(=O)NC3=O)cccc1OC(C)C)C(C)(C)CCC2(C)C. The first kappa shape index (κ1) is 23.6. The third-order valence-electron chi connectivity index (χ3n) is 6.82. The third kappa shape index (κ3) is 4.48. The van der Waals surface area contributed by atoms with Gasteiger partial charge in [0.2, 0.25) is 0 Å². The van der Waals surface area contributed by atoms with Crippen LogP contribution in [0.1, 0.15) is 76.6 Å². The van der Waals surface area contributed by atoms with E-state index in [9.17, 15) is 9.59 Å². The zero-order chi connectivity index (χ0) is 24.1. The minimum absolute atomic E-state index is 0.00527. The van der Waals surface area contributed by atoms with Crippen LogP contribution in [-0.2, 0) is 15.6 Å². The number of carbonyl (C=O) groups is 2. The number of hydrogen-bond donors (Lipinski definition) is 1. The van der Waals surface area contributed by atoms with Gasteiger partial charge in [-0.2, -0.15) is 0 Å². The van der Waals surface area contributed by atoms with Gasteiger partial charge in [0.1, 0.15) is 5.75 Å². The molecule has 4 nitrogen and oxygen atoms in total. The minimum Gasteiger partial charge on any atom is -0.490 e. The first-order chi connectivity index (χ1) is 15.4. The van der Waals surface area contributed by atoms with Crippen molar-refractivity contribution in [3.05, 3.63) is 57.5 Å². The Morgan fingerprint density at radius 2 is 1.67 bits per heavy atom. The van der Waals surface area contributed by atoms with Crippen molar-refractivity contribution in [2.75, 3.05) is 0 Å². The summed E-state index contributed by atoms with van der Waals surface area (Å²) >= 11 is 0.939. The summed E-state index contributed by atoms with van der Waals surface area (Å²) in [7, 11) is 0. The summed E-state index contributed by atoms with van der Waals surface area (Å²) in [4.78, 5) is 24.4. The molecular weight excluding hydrogens is 430 g/mol. The van der Waals surface area contributed by atoms with E-state index in [4.69, 9.17) is 4.74 Å². The quantitative estimate of drug-likeness (QED) is 0.490. The summed E-state index contributed by atoms with van der Waals surface area (Å²) in [6.07, 6.45) is 4.11. The summed E-state index contributed by atoms with van der Waals surface area (Å²) in [5, 5.41) is 2.01. The van der Waals surface area contributed by atoms with Crippen LogP contribution in [0.2, 0.25) is 0 Å². The van der Waals surface area contributed by atoms with Crippen LogP contribution in [0.3, 0.4) is 0 Å². The standard InChI is InChI=1S/C28H33NO3S/c1-16(2)32-22-10-8-9-18(14-23-25(30)29-26(31)33-23)24(22)19-15-21-20(13-17(19)3)27(4,5)11-12-28(21,6)7/h8-10,13-16H,11-12H2,1-7H3,(H,29,30,31)/b23-14+. The fourth-order valence-electron chi connectivity index (χ4n) is 4.86. The first-order valence-corrected chi connectivity index (χ1v) is 12.4. The van der Waals surface area contributed by atoms with Gasteiger partial charge in [0.15, 0.2) is 0 Å². The molecule has 0 unspecified atom stereocenters. The molecule has 174 valence electrons. The Labute approximate surface area is 201 Å². The maximum absolute atomic E-state index is 12.3. The molecule has 0 aromatic heterocycles. The average Bonchev–Trinajstić information content (AvgIpc) is 3.02. The fourth-order valence-corrected chi connectivity index (χ4v) is 5.54. The summed E-state index contributed by atoms with van der Waals surface area (Å²) in [5.74, 6) is 0.432. The lowest BCUT2D eigenvalue weighted by Crippen LogP contribution is -2.34. The number of ether oxygens (including phenoxy) is 1. The van der Waals surface area contributed by atoms with E-state index in [0.717, 1.165) is 47.0 Å². The van der Waals surface area contributed by atoms with Crippen molar-refractivity contribution in [2.45, 2.75) is 78.2 Å². The second kappa shape index (κ2) is 8.35. The van der Waals surface area contributed by atoms with Crippen molar-refractivity contribution in [3.63, 3.8) is 0 Å². The predicted octanol–water partition coefficient (Wildman–Crippen LogP) is 7.12. The van der Waals surface area contributed by atoms with Gasteiger partial charge in [-0.1, -0.05) is 45.9 Å². The molecule has 2 aliphatic rings. The van der Waals surface area contributed by atoms with Gasteiger partial charge in [0, 0.05) is 5.56 Å². The number of aryl methyl sites for hydroxylation is 1. The molecule has 1 N–H and O–H groups in total. The Morgan fingerprint density at radius 1 is 1.03 bits per heavy atom. The second-order valence-electron chi connectivity index (χ2n) is 10.7. The minimum atomic E-state index is -0.351. The number of imide groups is 1. The molecule has 0 bridgehead atoms. The summed E-state index contributed by atoms with van der Waals surface area (Å²) in [6.45, 7) is 15.5. The average molecular weight is 464 g/mol. The molecule has 1 aliphatic carbocycles. The molecular formula is C28H33NO3S. The van der Waals surface area contributed by atoms with E-state index in [1.165, 1.54) is 16.7 Å². The maximum atomic E-state index is 12.3. The molecule has 2 aromatic rings. The van der Waals surface area contributed by atoms with E-state index in [0.29, 0.717) is 4.91 Å². The number of thioether (sulfide) groups is 1. The molecule has 33 heavy (non-hydrogen) atoms. The Balaban J connectivity index is 1.98. The lowest BCUT2D eigenvalue weighted by Gasteiger charge is -2.42. The Morgan fingerprint density at radius 3 is 2.24 bits per heavy atom. The largest absolute Gasteiger partial charge is 0.490 e. The second-order valence-corrected chi connectivity index (χ2v) is 11.7. The van der Waals surface area contributed by atoms with E-state index < -0.39 is 0 Å². The van der Waals surface area contributed by atoms with Crippen molar-refractivity contribution in [2.24, 2.45) is 0 Å². The number of fused-ring (bicyclic) bond motifs is 1. The molecule has 0 radical (unpaired) electrons. The van der Waals surface area contributed by atoms with Crippen molar-refractivity contribution in [1.29, 1.82) is 0 Å². The van der Waals surface area contributed by atoms with Crippen LogP contribution in [0.5, 0.6) is 5.75 Å². The number of carbonyl (C=O) groups excluding carboxylic acids is 2. The first-order valence-electron chi connectivity index (χ1n) is 11.6. The van der Waals surface area contributed by atoms with E-state index in [-0.39, 0.29) is 28.1 Å². The van der Waals surface area contributed by atoms with Crippen molar-refractivity contribution in [1.82, 2.24) is 5.32 Å². The number of hydrogen-bond acceptors (Lipinski definition) is 4.